The molecule has 0 saturated carbocycles. The van der Waals surface area contributed by atoms with Gasteiger partial charge in [0.25, 0.3) is 0 Å². The molecule has 1 atom stereocenters. The van der Waals surface area contributed by atoms with Gasteiger partial charge in [0.05, 0.1) is 4.47 Å². The van der Waals surface area contributed by atoms with Gasteiger partial charge in [0, 0.05) is 19.3 Å². The first kappa shape index (κ1) is 11.9. The lowest BCUT2D eigenvalue weighted by molar-refractivity contribution is 0.546. The average molecular weight is 284 g/mol. The summed E-state index contributed by atoms with van der Waals surface area (Å²) in [5.74, 6) is 1.82. The SMILES string of the molecule is Cc1ccnc(N2CCC(CCN)C2)c1Br. The fourth-order valence-electron chi connectivity index (χ4n) is 2.24. The van der Waals surface area contributed by atoms with Gasteiger partial charge in [0.1, 0.15) is 5.82 Å². The molecule has 0 amide bonds. The second kappa shape index (κ2) is 5.15. The maximum Gasteiger partial charge on any atom is 0.143 e. The first-order valence-corrected chi connectivity index (χ1v) is 6.57. The molecule has 88 valence electrons. The molecular weight excluding hydrogens is 266 g/mol. The predicted octanol–water partition coefficient (Wildman–Crippen LogP) is 2.33. The number of pyridine rings is 1. The largest absolute Gasteiger partial charge is 0.355 e. The predicted molar refractivity (Wildman–Crippen MR) is 70.7 cm³/mol. The Balaban J connectivity index is 2.11. The first-order valence-electron chi connectivity index (χ1n) is 5.78. The van der Waals surface area contributed by atoms with Gasteiger partial charge in [-0.1, -0.05) is 0 Å². The van der Waals surface area contributed by atoms with Crippen molar-refractivity contribution in [2.45, 2.75) is 19.8 Å². The Kier molecular flexibility index (Phi) is 3.82. The van der Waals surface area contributed by atoms with Crippen LogP contribution in [0.1, 0.15) is 18.4 Å². The summed E-state index contributed by atoms with van der Waals surface area (Å²) >= 11 is 3.62. The fourth-order valence-corrected chi connectivity index (χ4v) is 2.73. The summed E-state index contributed by atoms with van der Waals surface area (Å²) < 4.78 is 1.13. The molecule has 0 spiro atoms. The second-order valence-electron chi connectivity index (χ2n) is 4.44. The van der Waals surface area contributed by atoms with Crippen molar-refractivity contribution in [1.29, 1.82) is 0 Å². The third-order valence-electron chi connectivity index (χ3n) is 3.22. The zero-order chi connectivity index (χ0) is 11.5. The third-order valence-corrected chi connectivity index (χ3v) is 4.20. The maximum absolute atomic E-state index is 5.60. The molecule has 1 aliphatic heterocycles. The molecule has 1 fully saturated rings. The van der Waals surface area contributed by atoms with Crippen molar-refractivity contribution in [3.8, 4) is 0 Å². The van der Waals surface area contributed by atoms with Crippen LogP contribution in [0.4, 0.5) is 5.82 Å². The van der Waals surface area contributed by atoms with E-state index in [-0.39, 0.29) is 0 Å². The van der Waals surface area contributed by atoms with E-state index in [9.17, 15) is 0 Å². The highest BCUT2D eigenvalue weighted by atomic mass is 79.9. The first-order chi connectivity index (χ1) is 7.72. The van der Waals surface area contributed by atoms with E-state index in [0.29, 0.717) is 0 Å². The molecule has 1 saturated heterocycles. The number of nitrogens with two attached hydrogens (primary N) is 1. The minimum absolute atomic E-state index is 0.735. The van der Waals surface area contributed by atoms with E-state index in [0.717, 1.165) is 42.3 Å². The lowest BCUT2D eigenvalue weighted by atomic mass is 10.1. The normalized spacial score (nSPS) is 20.4. The smallest absolute Gasteiger partial charge is 0.143 e. The topological polar surface area (TPSA) is 42.2 Å². The van der Waals surface area contributed by atoms with Crippen LogP contribution in [0.2, 0.25) is 0 Å². The number of nitrogens with zero attached hydrogens (tertiary/aromatic N) is 2. The van der Waals surface area contributed by atoms with Crippen molar-refractivity contribution in [3.05, 3.63) is 22.3 Å². The minimum atomic E-state index is 0.735. The van der Waals surface area contributed by atoms with Gasteiger partial charge in [0.2, 0.25) is 0 Å². The number of hydrogen-bond donors (Lipinski definition) is 1. The van der Waals surface area contributed by atoms with Crippen LogP contribution in [-0.4, -0.2) is 24.6 Å². The van der Waals surface area contributed by atoms with E-state index < -0.39 is 0 Å². The summed E-state index contributed by atoms with van der Waals surface area (Å²) in [4.78, 5) is 6.82. The third kappa shape index (κ3) is 2.38. The average Bonchev–Trinajstić information content (AvgIpc) is 2.71. The van der Waals surface area contributed by atoms with Crippen molar-refractivity contribution in [3.63, 3.8) is 0 Å². The molecule has 2 rings (SSSR count). The van der Waals surface area contributed by atoms with Crippen LogP contribution in [0.5, 0.6) is 0 Å². The summed E-state index contributed by atoms with van der Waals surface area (Å²) in [6.45, 7) is 5.08. The van der Waals surface area contributed by atoms with Gasteiger partial charge in [-0.15, -0.1) is 0 Å². The summed E-state index contributed by atoms with van der Waals surface area (Å²) in [6.07, 6.45) is 4.24. The van der Waals surface area contributed by atoms with Crippen LogP contribution < -0.4 is 10.6 Å². The number of rotatable bonds is 3. The number of hydrogen-bond acceptors (Lipinski definition) is 3. The Bertz CT molecular complexity index is 367. The van der Waals surface area contributed by atoms with Crippen molar-refractivity contribution in [2.24, 2.45) is 11.7 Å². The summed E-state index contributed by atoms with van der Waals surface area (Å²) in [7, 11) is 0. The molecule has 4 heteroatoms. The van der Waals surface area contributed by atoms with E-state index in [1.807, 2.05) is 12.3 Å². The highest BCUT2D eigenvalue weighted by Gasteiger charge is 2.24. The van der Waals surface area contributed by atoms with Crippen LogP contribution in [0.25, 0.3) is 0 Å². The highest BCUT2D eigenvalue weighted by molar-refractivity contribution is 9.10. The Hall–Kier alpha value is -0.610. The standard InChI is InChI=1S/C12H18BrN3/c1-9-3-6-15-12(11(9)13)16-7-4-10(8-16)2-5-14/h3,6,10H,2,4-5,7-8,14H2,1H3. The van der Waals surface area contributed by atoms with Gasteiger partial charge >= 0.3 is 0 Å². The number of anilines is 1. The molecule has 0 aromatic carbocycles. The Morgan fingerprint density at radius 3 is 3.19 bits per heavy atom. The maximum atomic E-state index is 5.60. The van der Waals surface area contributed by atoms with Gasteiger partial charge in [0.15, 0.2) is 0 Å². The van der Waals surface area contributed by atoms with E-state index in [2.05, 4.69) is 32.7 Å². The van der Waals surface area contributed by atoms with Crippen molar-refractivity contribution in [2.75, 3.05) is 24.5 Å². The Morgan fingerprint density at radius 1 is 1.62 bits per heavy atom. The Morgan fingerprint density at radius 2 is 2.44 bits per heavy atom. The van der Waals surface area contributed by atoms with Crippen LogP contribution in [-0.2, 0) is 0 Å². The lowest BCUT2D eigenvalue weighted by Gasteiger charge is -2.19. The van der Waals surface area contributed by atoms with Crippen LogP contribution in [0.3, 0.4) is 0 Å². The summed E-state index contributed by atoms with van der Waals surface area (Å²) in [5.41, 5.74) is 6.85. The molecule has 2 N–H and O–H groups in total. The van der Waals surface area contributed by atoms with Crippen LogP contribution >= 0.6 is 15.9 Å². The lowest BCUT2D eigenvalue weighted by Crippen LogP contribution is -2.22. The van der Waals surface area contributed by atoms with Gasteiger partial charge in [-0.05, 0) is 59.8 Å². The Labute approximate surface area is 105 Å². The van der Waals surface area contributed by atoms with Crippen LogP contribution in [0.15, 0.2) is 16.7 Å². The second-order valence-corrected chi connectivity index (χ2v) is 5.24. The molecule has 1 aromatic rings. The van der Waals surface area contributed by atoms with Crippen molar-refractivity contribution >= 4 is 21.7 Å². The minimum Gasteiger partial charge on any atom is -0.355 e. The molecule has 0 aliphatic carbocycles. The molecule has 2 heterocycles. The molecule has 0 bridgehead atoms. The van der Waals surface area contributed by atoms with Gasteiger partial charge in [-0.25, -0.2) is 4.98 Å². The molecule has 16 heavy (non-hydrogen) atoms. The zero-order valence-corrected chi connectivity index (χ0v) is 11.2. The summed E-state index contributed by atoms with van der Waals surface area (Å²) in [6, 6.07) is 2.03. The molecule has 1 aliphatic rings. The van der Waals surface area contributed by atoms with E-state index in [1.165, 1.54) is 12.0 Å². The van der Waals surface area contributed by atoms with Crippen LogP contribution in [0, 0.1) is 12.8 Å². The molecule has 3 nitrogen and oxygen atoms in total. The monoisotopic (exact) mass is 283 g/mol. The molecule has 1 aromatic heterocycles. The van der Waals surface area contributed by atoms with Gasteiger partial charge in [-0.3, -0.25) is 0 Å². The van der Waals surface area contributed by atoms with Gasteiger partial charge in [-0.2, -0.15) is 0 Å². The zero-order valence-electron chi connectivity index (χ0n) is 9.62. The fraction of sp³-hybridized carbons (Fsp3) is 0.583. The molecule has 1 unspecified atom stereocenters. The van der Waals surface area contributed by atoms with E-state index in [4.69, 9.17) is 5.73 Å². The van der Waals surface area contributed by atoms with E-state index in [1.54, 1.807) is 0 Å². The van der Waals surface area contributed by atoms with Gasteiger partial charge < -0.3 is 10.6 Å². The van der Waals surface area contributed by atoms with E-state index >= 15 is 0 Å². The highest BCUT2D eigenvalue weighted by Crippen LogP contribution is 2.31. The quantitative estimate of drug-likeness (QED) is 0.926. The molecular formula is C12H18BrN3. The van der Waals surface area contributed by atoms with Crippen molar-refractivity contribution in [1.82, 2.24) is 4.98 Å². The van der Waals surface area contributed by atoms with Crippen molar-refractivity contribution < 1.29 is 0 Å². The number of aromatic nitrogens is 1. The molecule has 0 radical (unpaired) electrons. The number of aryl methyl sites for hydroxylation is 1. The summed E-state index contributed by atoms with van der Waals surface area (Å²) in [5, 5.41) is 0. The number of halogens is 1.